The Balaban J connectivity index is 1.79. The lowest BCUT2D eigenvalue weighted by Crippen LogP contribution is -2.50. The number of methoxy groups -OCH3 is 2. The third-order valence-electron chi connectivity index (χ3n) is 6.12. The highest BCUT2D eigenvalue weighted by Gasteiger charge is 2.29. The summed E-state index contributed by atoms with van der Waals surface area (Å²) in [6, 6.07) is 24.7. The van der Waals surface area contributed by atoms with Gasteiger partial charge in [-0.25, -0.2) is 0 Å². The van der Waals surface area contributed by atoms with E-state index in [1.165, 1.54) is 0 Å². The SMILES string of the molecule is CCCC(=O)N(Cc1ccc(OC)cc1)[C@@H](Cc1ccccc1)C(=O)NCCc1ccc(OC)cc1. The van der Waals surface area contributed by atoms with E-state index in [2.05, 4.69) is 5.32 Å². The van der Waals surface area contributed by atoms with Crippen molar-refractivity contribution < 1.29 is 19.1 Å². The van der Waals surface area contributed by atoms with Crippen molar-refractivity contribution in [2.24, 2.45) is 0 Å². The van der Waals surface area contributed by atoms with Crippen molar-refractivity contribution in [3.8, 4) is 11.5 Å². The zero-order valence-corrected chi connectivity index (χ0v) is 21.4. The van der Waals surface area contributed by atoms with Gasteiger partial charge >= 0.3 is 0 Å². The van der Waals surface area contributed by atoms with Crippen LogP contribution in [0.1, 0.15) is 36.5 Å². The van der Waals surface area contributed by atoms with Crippen LogP contribution in [0.5, 0.6) is 11.5 Å². The number of hydrogen-bond acceptors (Lipinski definition) is 4. The van der Waals surface area contributed by atoms with Crippen LogP contribution in [0.4, 0.5) is 0 Å². The summed E-state index contributed by atoms with van der Waals surface area (Å²) < 4.78 is 10.5. The number of amides is 2. The summed E-state index contributed by atoms with van der Waals surface area (Å²) in [6.45, 7) is 2.81. The van der Waals surface area contributed by atoms with Crippen LogP contribution in [-0.4, -0.2) is 43.5 Å². The minimum absolute atomic E-state index is 0.0282. The third-order valence-corrected chi connectivity index (χ3v) is 6.12. The van der Waals surface area contributed by atoms with E-state index in [9.17, 15) is 9.59 Å². The van der Waals surface area contributed by atoms with Gasteiger partial charge in [-0.2, -0.15) is 0 Å². The number of benzene rings is 3. The van der Waals surface area contributed by atoms with Gasteiger partial charge in [0.1, 0.15) is 17.5 Å². The highest BCUT2D eigenvalue weighted by atomic mass is 16.5. The first-order chi connectivity index (χ1) is 17.5. The average Bonchev–Trinajstić information content (AvgIpc) is 2.92. The molecular weight excluding hydrogens is 452 g/mol. The van der Waals surface area contributed by atoms with Crippen molar-refractivity contribution in [2.45, 2.75) is 45.2 Å². The number of nitrogens with one attached hydrogen (secondary N) is 1. The predicted molar refractivity (Wildman–Crippen MR) is 142 cm³/mol. The fourth-order valence-corrected chi connectivity index (χ4v) is 4.08. The Kier molecular flexibility index (Phi) is 10.4. The number of hydrogen-bond donors (Lipinski definition) is 1. The molecule has 3 aromatic rings. The molecule has 1 atom stereocenters. The summed E-state index contributed by atoms with van der Waals surface area (Å²) >= 11 is 0. The van der Waals surface area contributed by atoms with Gasteiger partial charge in [0.15, 0.2) is 0 Å². The van der Waals surface area contributed by atoms with Gasteiger partial charge in [0.2, 0.25) is 11.8 Å². The third kappa shape index (κ3) is 7.87. The van der Waals surface area contributed by atoms with Crippen LogP contribution < -0.4 is 14.8 Å². The van der Waals surface area contributed by atoms with Gasteiger partial charge < -0.3 is 19.7 Å². The molecule has 2 amide bonds. The van der Waals surface area contributed by atoms with Crippen LogP contribution in [0.15, 0.2) is 78.9 Å². The van der Waals surface area contributed by atoms with Crippen molar-refractivity contribution in [1.29, 1.82) is 0 Å². The van der Waals surface area contributed by atoms with Crippen LogP contribution >= 0.6 is 0 Å². The molecule has 36 heavy (non-hydrogen) atoms. The van der Waals surface area contributed by atoms with E-state index < -0.39 is 6.04 Å². The summed E-state index contributed by atoms with van der Waals surface area (Å²) in [6.07, 6.45) is 2.24. The van der Waals surface area contributed by atoms with E-state index >= 15 is 0 Å². The second-order valence-corrected chi connectivity index (χ2v) is 8.71. The molecule has 3 rings (SSSR count). The Morgan fingerprint density at radius 3 is 1.94 bits per heavy atom. The lowest BCUT2D eigenvalue weighted by Gasteiger charge is -2.31. The number of rotatable bonds is 13. The zero-order valence-electron chi connectivity index (χ0n) is 21.4. The van der Waals surface area contributed by atoms with Crippen molar-refractivity contribution in [3.05, 3.63) is 95.6 Å². The first-order valence-corrected chi connectivity index (χ1v) is 12.4. The minimum atomic E-state index is -0.621. The Labute approximate surface area is 214 Å². The number of ether oxygens (including phenoxy) is 2. The predicted octanol–water partition coefficient (Wildman–Crippen LogP) is 4.80. The van der Waals surface area contributed by atoms with E-state index in [-0.39, 0.29) is 11.8 Å². The quantitative estimate of drug-likeness (QED) is 0.375. The smallest absolute Gasteiger partial charge is 0.243 e. The second kappa shape index (κ2) is 13.9. The van der Waals surface area contributed by atoms with Gasteiger partial charge in [-0.1, -0.05) is 61.5 Å². The van der Waals surface area contributed by atoms with Gasteiger partial charge in [0.05, 0.1) is 14.2 Å². The Bertz CT molecular complexity index is 1080. The molecule has 0 saturated carbocycles. The van der Waals surface area contributed by atoms with Crippen LogP contribution in [0, 0.1) is 0 Å². The van der Waals surface area contributed by atoms with E-state index in [4.69, 9.17) is 9.47 Å². The first kappa shape index (κ1) is 26.8. The topological polar surface area (TPSA) is 67.9 Å². The van der Waals surface area contributed by atoms with Crippen molar-refractivity contribution in [2.75, 3.05) is 20.8 Å². The average molecular weight is 489 g/mol. The molecule has 190 valence electrons. The first-order valence-electron chi connectivity index (χ1n) is 12.4. The molecule has 0 heterocycles. The summed E-state index contributed by atoms with van der Waals surface area (Å²) in [4.78, 5) is 28.5. The number of carbonyl (C=O) groups excluding carboxylic acids is 2. The summed E-state index contributed by atoms with van der Waals surface area (Å²) in [7, 11) is 3.26. The van der Waals surface area contributed by atoms with Crippen molar-refractivity contribution in [3.63, 3.8) is 0 Å². The standard InChI is InChI=1S/C30H36N2O4/c1-4-8-29(33)32(22-25-13-17-27(36-3)18-14-25)28(21-24-9-6-5-7-10-24)30(34)31-20-19-23-11-15-26(35-2)16-12-23/h5-7,9-18,28H,4,8,19-22H2,1-3H3,(H,31,34)/t28-/m0/s1. The Hall–Kier alpha value is -3.80. The van der Waals surface area contributed by atoms with Gasteiger partial charge in [0.25, 0.3) is 0 Å². The van der Waals surface area contributed by atoms with Crippen LogP contribution in [0.25, 0.3) is 0 Å². The van der Waals surface area contributed by atoms with Crippen molar-refractivity contribution in [1.82, 2.24) is 10.2 Å². The molecule has 6 heteroatoms. The summed E-state index contributed by atoms with van der Waals surface area (Å²) in [5.41, 5.74) is 3.06. The summed E-state index contributed by atoms with van der Waals surface area (Å²) in [5, 5.41) is 3.08. The monoisotopic (exact) mass is 488 g/mol. The highest BCUT2D eigenvalue weighted by molar-refractivity contribution is 5.88. The molecule has 0 aliphatic rings. The van der Waals surface area contributed by atoms with Crippen molar-refractivity contribution >= 4 is 11.8 Å². The molecule has 1 N–H and O–H groups in total. The van der Waals surface area contributed by atoms with Crippen LogP contribution in [-0.2, 0) is 29.0 Å². The molecule has 0 aromatic heterocycles. The van der Waals surface area contributed by atoms with Gasteiger partial charge in [-0.05, 0) is 53.8 Å². The van der Waals surface area contributed by atoms with E-state index in [0.29, 0.717) is 32.4 Å². The molecule has 0 unspecified atom stereocenters. The molecule has 3 aromatic carbocycles. The molecule has 0 radical (unpaired) electrons. The zero-order chi connectivity index (χ0) is 25.8. The maximum absolute atomic E-state index is 13.5. The Morgan fingerprint density at radius 2 is 1.39 bits per heavy atom. The van der Waals surface area contributed by atoms with Crippen LogP contribution in [0.2, 0.25) is 0 Å². The maximum atomic E-state index is 13.5. The molecular formula is C30H36N2O4. The lowest BCUT2D eigenvalue weighted by atomic mass is 10.0. The minimum Gasteiger partial charge on any atom is -0.497 e. The maximum Gasteiger partial charge on any atom is 0.243 e. The molecule has 0 aliphatic heterocycles. The molecule has 0 spiro atoms. The van der Waals surface area contributed by atoms with Gasteiger partial charge in [0, 0.05) is 25.9 Å². The molecule has 6 nitrogen and oxygen atoms in total. The largest absolute Gasteiger partial charge is 0.497 e. The van der Waals surface area contributed by atoms with E-state index in [1.54, 1.807) is 19.1 Å². The molecule has 0 saturated heterocycles. The van der Waals surface area contributed by atoms with E-state index in [1.807, 2.05) is 85.8 Å². The fourth-order valence-electron chi connectivity index (χ4n) is 4.08. The molecule has 0 aliphatic carbocycles. The number of nitrogens with zero attached hydrogens (tertiary/aromatic N) is 1. The highest BCUT2D eigenvalue weighted by Crippen LogP contribution is 2.19. The molecule has 0 fully saturated rings. The lowest BCUT2D eigenvalue weighted by molar-refractivity contribution is -0.141. The van der Waals surface area contributed by atoms with Gasteiger partial charge in [-0.15, -0.1) is 0 Å². The van der Waals surface area contributed by atoms with E-state index in [0.717, 1.165) is 34.6 Å². The number of carbonyl (C=O) groups is 2. The van der Waals surface area contributed by atoms with Crippen LogP contribution in [0.3, 0.4) is 0 Å². The normalized spacial score (nSPS) is 11.4. The fraction of sp³-hybridized carbons (Fsp3) is 0.333. The second-order valence-electron chi connectivity index (χ2n) is 8.71. The Morgan fingerprint density at radius 1 is 0.806 bits per heavy atom. The molecule has 0 bridgehead atoms. The summed E-state index contributed by atoms with van der Waals surface area (Å²) in [5.74, 6) is 1.38. The van der Waals surface area contributed by atoms with Gasteiger partial charge in [-0.3, -0.25) is 9.59 Å².